The number of aromatic nitrogens is 2. The second-order valence-electron chi connectivity index (χ2n) is 5.13. The van der Waals surface area contributed by atoms with Gasteiger partial charge in [-0.1, -0.05) is 23.5 Å². The Hall–Kier alpha value is -1.77. The summed E-state index contributed by atoms with van der Waals surface area (Å²) in [6, 6.07) is 8.80. The molecule has 2 aromatic heterocycles. The maximum Gasteiger partial charge on any atom is 0.296 e. The second kappa shape index (κ2) is 6.62. The molecule has 24 heavy (non-hydrogen) atoms. The van der Waals surface area contributed by atoms with E-state index in [0.29, 0.717) is 16.8 Å². The molecule has 1 aromatic carbocycles. The molecule has 1 N–H and O–H groups in total. The number of hydrogen-bond acceptors (Lipinski definition) is 5. The number of nitrogens with one attached hydrogen (secondary N) is 1. The first kappa shape index (κ1) is 17.1. The fourth-order valence-electron chi connectivity index (χ4n) is 2.62. The number of pyridine rings is 1. The predicted molar refractivity (Wildman–Crippen MR) is 88.6 cm³/mol. The van der Waals surface area contributed by atoms with E-state index in [1.807, 2.05) is 12.3 Å². The normalized spacial score (nSPS) is 13.3. The van der Waals surface area contributed by atoms with Crippen molar-refractivity contribution < 1.29 is 31.6 Å². The van der Waals surface area contributed by atoms with Crippen molar-refractivity contribution in [2.45, 2.75) is 10.9 Å². The minimum absolute atomic E-state index is 0. The first-order valence-electron chi connectivity index (χ1n) is 6.97. The summed E-state index contributed by atoms with van der Waals surface area (Å²) < 4.78 is 2.15. The van der Waals surface area contributed by atoms with Crippen LogP contribution in [0, 0.1) is 0 Å². The number of thioether (sulfide) groups is 1. The van der Waals surface area contributed by atoms with Crippen LogP contribution in [0.4, 0.5) is 0 Å². The summed E-state index contributed by atoms with van der Waals surface area (Å²) in [7, 11) is 0. The Labute approximate surface area is 156 Å². The van der Waals surface area contributed by atoms with Gasteiger partial charge < -0.3 is 17.0 Å². The molecule has 3 aromatic rings. The molecule has 0 saturated heterocycles. The summed E-state index contributed by atoms with van der Waals surface area (Å²) in [6.07, 6.45) is 3.79. The highest BCUT2D eigenvalue weighted by Gasteiger charge is 2.35. The van der Waals surface area contributed by atoms with Gasteiger partial charge in [0.2, 0.25) is 5.52 Å². The van der Waals surface area contributed by atoms with Crippen LogP contribution >= 0.6 is 23.1 Å². The molecular formula is C16H12BrN3O2S2. The predicted octanol–water partition coefficient (Wildman–Crippen LogP) is -0.368. The molecule has 1 aliphatic rings. The highest BCUT2D eigenvalue weighted by Crippen LogP contribution is 2.26. The number of benzene rings is 1. The Morgan fingerprint density at radius 3 is 2.50 bits per heavy atom. The minimum atomic E-state index is -0.258. The zero-order valence-corrected chi connectivity index (χ0v) is 15.8. The molecule has 0 fully saturated rings. The molecule has 2 amide bonds. The van der Waals surface area contributed by atoms with Crippen LogP contribution < -0.4 is 22.0 Å². The number of fused-ring (bicyclic) bond motifs is 2. The number of carbonyl (C=O) groups excluding carboxylic acids is 2. The first-order chi connectivity index (χ1) is 11.2. The molecule has 0 aliphatic carbocycles. The topological polar surface area (TPSA) is 64.4 Å². The maximum atomic E-state index is 12.4. The maximum absolute atomic E-state index is 12.4. The molecule has 0 bridgehead atoms. The van der Waals surface area contributed by atoms with Gasteiger partial charge in [0.15, 0.2) is 0 Å². The van der Waals surface area contributed by atoms with Crippen LogP contribution in [-0.2, 0) is 6.54 Å². The lowest BCUT2D eigenvalue weighted by molar-refractivity contribution is -0.385. The summed E-state index contributed by atoms with van der Waals surface area (Å²) in [4.78, 5) is 33.7. The second-order valence-corrected chi connectivity index (χ2v) is 7.26. The van der Waals surface area contributed by atoms with Gasteiger partial charge in [-0.25, -0.2) is 0 Å². The number of amides is 2. The van der Waals surface area contributed by atoms with Gasteiger partial charge in [-0.15, -0.1) is 0 Å². The highest BCUT2D eigenvalue weighted by atomic mass is 79.9. The fourth-order valence-corrected chi connectivity index (χ4v) is 4.13. The molecule has 8 heteroatoms. The summed E-state index contributed by atoms with van der Waals surface area (Å²) >= 11 is 3.28. The van der Waals surface area contributed by atoms with E-state index < -0.39 is 0 Å². The average Bonchev–Trinajstić information content (AvgIpc) is 3.09. The SMILES string of the molecule is CSc1[nH+]c2cc(CN3C(=O)c4ccccc4C3=O)ncc2s1.[Br-]. The largest absolute Gasteiger partial charge is 1.00 e. The van der Waals surface area contributed by atoms with Gasteiger partial charge in [0, 0.05) is 6.07 Å². The molecule has 3 heterocycles. The van der Waals surface area contributed by atoms with Crippen molar-refractivity contribution in [1.29, 1.82) is 0 Å². The van der Waals surface area contributed by atoms with E-state index in [0.717, 1.165) is 14.6 Å². The number of thiazole rings is 1. The van der Waals surface area contributed by atoms with E-state index in [4.69, 9.17) is 0 Å². The fraction of sp³-hybridized carbons (Fsp3) is 0.125. The third-order valence-corrected chi connectivity index (χ3v) is 5.80. The molecule has 5 nitrogen and oxygen atoms in total. The smallest absolute Gasteiger partial charge is 0.296 e. The number of imide groups is 1. The van der Waals surface area contributed by atoms with Gasteiger partial charge in [-0.3, -0.25) is 19.5 Å². The van der Waals surface area contributed by atoms with Gasteiger partial charge in [0.05, 0.1) is 29.6 Å². The lowest BCUT2D eigenvalue weighted by atomic mass is 10.1. The van der Waals surface area contributed by atoms with Gasteiger partial charge in [0.25, 0.3) is 16.2 Å². The number of aromatic amines is 1. The molecule has 0 spiro atoms. The standard InChI is InChI=1S/C16H11N3O2S2.BrH/c1-22-16-18-12-6-9(17-7-13(12)23-16)8-19-14(20)10-4-2-3-5-11(10)15(19)21;/h2-7H,8H2,1H3;1H. The highest BCUT2D eigenvalue weighted by molar-refractivity contribution is 8.00. The third kappa shape index (κ3) is 2.74. The third-order valence-electron chi connectivity index (χ3n) is 3.75. The van der Waals surface area contributed by atoms with Crippen LogP contribution in [0.5, 0.6) is 0 Å². The van der Waals surface area contributed by atoms with E-state index in [1.165, 1.54) is 4.90 Å². The lowest BCUT2D eigenvalue weighted by Crippen LogP contribution is -3.00. The van der Waals surface area contributed by atoms with Crippen LogP contribution in [0.3, 0.4) is 0 Å². The van der Waals surface area contributed by atoms with Gasteiger partial charge in [-0.2, -0.15) is 4.98 Å². The average molecular weight is 422 g/mol. The van der Waals surface area contributed by atoms with E-state index in [9.17, 15) is 9.59 Å². The first-order valence-corrected chi connectivity index (χ1v) is 9.01. The Balaban J connectivity index is 0.00000169. The van der Waals surface area contributed by atoms with Crippen LogP contribution in [0.25, 0.3) is 10.2 Å². The Kier molecular flexibility index (Phi) is 4.71. The van der Waals surface area contributed by atoms with Crippen molar-refractivity contribution in [2.75, 3.05) is 6.26 Å². The van der Waals surface area contributed by atoms with Gasteiger partial charge in [-0.05, 0) is 30.2 Å². The van der Waals surface area contributed by atoms with Crippen molar-refractivity contribution >= 4 is 45.1 Å². The van der Waals surface area contributed by atoms with Crippen molar-refractivity contribution in [3.63, 3.8) is 0 Å². The summed E-state index contributed by atoms with van der Waals surface area (Å²) in [5, 5.41) is 0. The lowest BCUT2D eigenvalue weighted by Gasteiger charge is -2.12. The number of rotatable bonds is 3. The van der Waals surface area contributed by atoms with Gasteiger partial charge >= 0.3 is 0 Å². The number of halogens is 1. The molecule has 0 unspecified atom stereocenters. The zero-order chi connectivity index (χ0) is 16.0. The minimum Gasteiger partial charge on any atom is -1.00 e. The zero-order valence-electron chi connectivity index (χ0n) is 12.6. The molecular weight excluding hydrogens is 410 g/mol. The molecule has 1 aliphatic heterocycles. The molecule has 0 radical (unpaired) electrons. The quantitative estimate of drug-likeness (QED) is 0.427. The van der Waals surface area contributed by atoms with Gasteiger partial charge in [0.1, 0.15) is 4.70 Å². The van der Waals surface area contributed by atoms with Crippen molar-refractivity contribution in [3.05, 3.63) is 53.3 Å². The number of carbonyl (C=O) groups is 2. The molecule has 0 saturated carbocycles. The Morgan fingerprint density at radius 2 is 1.88 bits per heavy atom. The molecule has 0 atom stereocenters. The van der Waals surface area contributed by atoms with E-state index in [2.05, 4.69) is 9.97 Å². The number of H-pyrrole nitrogens is 1. The molecule has 122 valence electrons. The monoisotopic (exact) mass is 421 g/mol. The van der Waals surface area contributed by atoms with Crippen LogP contribution in [-0.4, -0.2) is 28.0 Å². The summed E-state index contributed by atoms with van der Waals surface area (Å²) in [6.45, 7) is 0.181. The van der Waals surface area contributed by atoms with E-state index >= 15 is 0 Å². The van der Waals surface area contributed by atoms with Crippen molar-refractivity contribution in [2.24, 2.45) is 0 Å². The number of nitrogens with zero attached hydrogens (tertiary/aromatic N) is 2. The summed E-state index contributed by atoms with van der Waals surface area (Å²) in [5.41, 5.74) is 2.59. The van der Waals surface area contributed by atoms with E-state index in [-0.39, 0.29) is 35.3 Å². The van der Waals surface area contributed by atoms with Crippen molar-refractivity contribution in [3.8, 4) is 0 Å². The number of hydrogen-bond donors (Lipinski definition) is 0. The van der Waals surface area contributed by atoms with Crippen LogP contribution in [0.1, 0.15) is 26.4 Å². The summed E-state index contributed by atoms with van der Waals surface area (Å²) in [5.74, 6) is -0.516. The van der Waals surface area contributed by atoms with Crippen molar-refractivity contribution in [1.82, 2.24) is 9.88 Å². The van der Waals surface area contributed by atoms with Crippen LogP contribution in [0.2, 0.25) is 0 Å². The van der Waals surface area contributed by atoms with Crippen LogP contribution in [0.15, 0.2) is 40.9 Å². The van der Waals surface area contributed by atoms with E-state index in [1.54, 1.807) is 53.6 Å². The Bertz CT molecular complexity index is 922. The molecule has 4 rings (SSSR count). The Morgan fingerprint density at radius 1 is 1.21 bits per heavy atom.